The molecule has 0 aliphatic carbocycles. The minimum atomic E-state index is -0.585. The monoisotopic (exact) mass is 469 g/mol. The maximum absolute atomic E-state index is 11.9. The second-order valence-electron chi connectivity index (χ2n) is 8.37. The Labute approximate surface area is 184 Å². The molecule has 6 nitrogen and oxygen atoms in total. The molecular formula is C23H24BrN3O3. The zero-order valence-corrected chi connectivity index (χ0v) is 18.6. The van der Waals surface area contributed by atoms with Crippen molar-refractivity contribution in [2.45, 2.75) is 44.9 Å². The Hall–Kier alpha value is -2.54. The Morgan fingerprint density at radius 3 is 2.73 bits per heavy atom. The van der Waals surface area contributed by atoms with Gasteiger partial charge in [-0.3, -0.25) is 4.79 Å². The number of aryl methyl sites for hydroxylation is 1. The van der Waals surface area contributed by atoms with Crippen molar-refractivity contribution in [3.8, 4) is 11.5 Å². The van der Waals surface area contributed by atoms with Gasteiger partial charge in [-0.25, -0.2) is 5.01 Å². The van der Waals surface area contributed by atoms with Gasteiger partial charge in [0.2, 0.25) is 11.6 Å². The van der Waals surface area contributed by atoms with Crippen LogP contribution in [-0.2, 0) is 4.79 Å². The van der Waals surface area contributed by atoms with Crippen molar-refractivity contribution >= 4 is 27.5 Å². The number of ether oxygens (including phenoxy) is 1. The number of halogens is 1. The van der Waals surface area contributed by atoms with Crippen molar-refractivity contribution in [1.82, 2.24) is 9.91 Å². The van der Waals surface area contributed by atoms with Crippen molar-refractivity contribution in [2.75, 3.05) is 13.1 Å². The molecule has 1 atom stereocenters. The molecule has 7 heteroatoms. The molecule has 156 valence electrons. The summed E-state index contributed by atoms with van der Waals surface area (Å²) in [5.74, 6) is 1.22. The number of phenols is 1. The van der Waals surface area contributed by atoms with E-state index in [1.54, 1.807) is 13.0 Å². The standard InChI is InChI=1S/C23H24BrN3O3/c1-14-3-5-21(29)17(11-14)19-13-20-18-12-16(24)4-6-22(18)30-23(27(20)25-19)7-9-26(10-8-23)15(2)28/h3-6,11-12,20,29H,7-10,13H2,1-2H3/t20-/m0/s1. The lowest BCUT2D eigenvalue weighted by atomic mass is 9.90. The molecule has 1 N–H and O–H groups in total. The first-order valence-corrected chi connectivity index (χ1v) is 11.1. The van der Waals surface area contributed by atoms with Crippen molar-refractivity contribution in [3.63, 3.8) is 0 Å². The first kappa shape index (κ1) is 19.4. The second-order valence-corrected chi connectivity index (χ2v) is 9.28. The Balaban J connectivity index is 1.58. The van der Waals surface area contributed by atoms with Gasteiger partial charge in [-0.05, 0) is 37.3 Å². The third-order valence-electron chi connectivity index (χ3n) is 6.41. The van der Waals surface area contributed by atoms with Gasteiger partial charge < -0.3 is 14.7 Å². The van der Waals surface area contributed by atoms with E-state index in [2.05, 4.69) is 27.0 Å². The number of hydrazone groups is 1. The van der Waals surface area contributed by atoms with Crippen LogP contribution >= 0.6 is 15.9 Å². The zero-order valence-electron chi connectivity index (χ0n) is 17.1. The van der Waals surface area contributed by atoms with E-state index in [9.17, 15) is 9.90 Å². The molecule has 3 heterocycles. The highest BCUT2D eigenvalue weighted by Crippen LogP contribution is 2.50. The van der Waals surface area contributed by atoms with Crippen LogP contribution in [0.4, 0.5) is 0 Å². The predicted octanol–water partition coefficient (Wildman–Crippen LogP) is 4.35. The molecule has 0 bridgehead atoms. The van der Waals surface area contributed by atoms with Crippen LogP contribution in [-0.4, -0.2) is 45.4 Å². The van der Waals surface area contributed by atoms with E-state index >= 15 is 0 Å². The summed E-state index contributed by atoms with van der Waals surface area (Å²) in [6.45, 7) is 4.91. The van der Waals surface area contributed by atoms with Crippen LogP contribution in [0, 0.1) is 6.92 Å². The van der Waals surface area contributed by atoms with E-state index in [0.717, 1.165) is 32.6 Å². The molecule has 0 unspecified atom stereocenters. The lowest BCUT2D eigenvalue weighted by Gasteiger charge is -2.51. The molecule has 2 aromatic carbocycles. The average Bonchev–Trinajstić information content (AvgIpc) is 3.17. The van der Waals surface area contributed by atoms with Gasteiger partial charge in [0, 0.05) is 54.9 Å². The lowest BCUT2D eigenvalue weighted by Crippen LogP contribution is -2.59. The summed E-state index contributed by atoms with van der Waals surface area (Å²) in [7, 11) is 0. The maximum Gasteiger partial charge on any atom is 0.219 e. The number of aromatic hydroxyl groups is 1. The number of phenolic OH excluding ortho intramolecular Hbond substituents is 1. The second kappa shape index (κ2) is 7.01. The van der Waals surface area contributed by atoms with E-state index in [4.69, 9.17) is 9.84 Å². The SMILES string of the molecule is CC(=O)N1CCC2(CC1)Oc1ccc(Br)cc1[C@@H]1CC(c3cc(C)ccc3O)=NN12. The number of fused-ring (bicyclic) bond motifs is 4. The van der Waals surface area contributed by atoms with Crippen LogP contribution in [0.2, 0.25) is 0 Å². The summed E-state index contributed by atoms with van der Waals surface area (Å²) in [6.07, 6.45) is 2.08. The van der Waals surface area contributed by atoms with Gasteiger partial charge in [0.15, 0.2) is 0 Å². The third-order valence-corrected chi connectivity index (χ3v) is 6.90. The van der Waals surface area contributed by atoms with E-state index in [-0.39, 0.29) is 17.7 Å². The number of carbonyl (C=O) groups excluding carboxylic acids is 1. The molecule has 3 aliphatic rings. The molecule has 2 aromatic rings. The number of carbonyl (C=O) groups is 1. The molecule has 30 heavy (non-hydrogen) atoms. The van der Waals surface area contributed by atoms with Crippen molar-refractivity contribution < 1.29 is 14.6 Å². The smallest absolute Gasteiger partial charge is 0.219 e. The number of rotatable bonds is 1. The molecule has 0 radical (unpaired) electrons. The number of nitrogens with zero attached hydrogens (tertiary/aromatic N) is 3. The number of piperidine rings is 1. The van der Waals surface area contributed by atoms with Gasteiger partial charge in [-0.15, -0.1) is 0 Å². The number of benzene rings is 2. The molecule has 3 aliphatic heterocycles. The highest BCUT2D eigenvalue weighted by Gasteiger charge is 2.52. The fourth-order valence-corrected chi connectivity index (χ4v) is 5.18. The Kier molecular flexibility index (Phi) is 4.54. The normalized spacial score (nSPS) is 21.7. The van der Waals surface area contributed by atoms with Crippen LogP contribution in [0.25, 0.3) is 0 Å². The van der Waals surface area contributed by atoms with Crippen LogP contribution in [0.5, 0.6) is 11.5 Å². The number of amides is 1. The predicted molar refractivity (Wildman–Crippen MR) is 118 cm³/mol. The summed E-state index contributed by atoms with van der Waals surface area (Å²) in [4.78, 5) is 13.7. The van der Waals surface area contributed by atoms with Crippen LogP contribution in [0.3, 0.4) is 0 Å². The fourth-order valence-electron chi connectivity index (χ4n) is 4.80. The molecule has 0 aromatic heterocycles. The van der Waals surface area contributed by atoms with Gasteiger partial charge in [0.1, 0.15) is 11.5 Å². The summed E-state index contributed by atoms with van der Waals surface area (Å²) < 4.78 is 7.59. The van der Waals surface area contributed by atoms with E-state index in [1.807, 2.05) is 36.1 Å². The summed E-state index contributed by atoms with van der Waals surface area (Å²) in [5, 5.41) is 17.6. The van der Waals surface area contributed by atoms with Crippen LogP contribution < -0.4 is 4.74 Å². The lowest BCUT2D eigenvalue weighted by molar-refractivity contribution is -0.158. The summed E-state index contributed by atoms with van der Waals surface area (Å²) in [6, 6.07) is 11.8. The van der Waals surface area contributed by atoms with Gasteiger partial charge in [0.25, 0.3) is 0 Å². The Morgan fingerprint density at radius 1 is 1.23 bits per heavy atom. The van der Waals surface area contributed by atoms with Gasteiger partial charge >= 0.3 is 0 Å². The highest BCUT2D eigenvalue weighted by molar-refractivity contribution is 9.10. The van der Waals surface area contributed by atoms with E-state index in [0.29, 0.717) is 32.4 Å². The average molecular weight is 470 g/mol. The molecule has 1 saturated heterocycles. The van der Waals surface area contributed by atoms with E-state index < -0.39 is 5.72 Å². The third kappa shape index (κ3) is 3.07. The van der Waals surface area contributed by atoms with E-state index in [1.165, 1.54) is 0 Å². The van der Waals surface area contributed by atoms with Crippen LogP contribution in [0.1, 0.15) is 48.9 Å². The quantitative estimate of drug-likeness (QED) is 0.674. The molecule has 1 fully saturated rings. The Bertz CT molecular complexity index is 1060. The topological polar surface area (TPSA) is 65.4 Å². The first-order valence-electron chi connectivity index (χ1n) is 10.3. The molecule has 1 spiro atoms. The molecule has 5 rings (SSSR count). The van der Waals surface area contributed by atoms with Crippen molar-refractivity contribution in [2.24, 2.45) is 5.10 Å². The number of hydrogen-bond acceptors (Lipinski definition) is 5. The number of hydrogen-bond donors (Lipinski definition) is 1. The number of likely N-dealkylation sites (tertiary alicyclic amines) is 1. The first-order chi connectivity index (χ1) is 14.4. The van der Waals surface area contributed by atoms with Gasteiger partial charge in [-0.2, -0.15) is 5.10 Å². The van der Waals surface area contributed by atoms with Crippen molar-refractivity contribution in [1.29, 1.82) is 0 Å². The Morgan fingerprint density at radius 2 is 2.00 bits per heavy atom. The maximum atomic E-state index is 11.9. The molecular weight excluding hydrogens is 446 g/mol. The minimum Gasteiger partial charge on any atom is -0.507 e. The van der Waals surface area contributed by atoms with Gasteiger partial charge in [0.05, 0.1) is 11.8 Å². The minimum absolute atomic E-state index is 0.0324. The summed E-state index contributed by atoms with van der Waals surface area (Å²) in [5.41, 5.74) is 3.23. The largest absolute Gasteiger partial charge is 0.507 e. The molecule has 1 amide bonds. The van der Waals surface area contributed by atoms with Crippen LogP contribution in [0.15, 0.2) is 46.0 Å². The molecule has 0 saturated carbocycles. The zero-order chi connectivity index (χ0) is 21.0. The van der Waals surface area contributed by atoms with Gasteiger partial charge in [-0.1, -0.05) is 27.6 Å². The highest BCUT2D eigenvalue weighted by atomic mass is 79.9. The fraction of sp³-hybridized carbons (Fsp3) is 0.391. The van der Waals surface area contributed by atoms with Crippen molar-refractivity contribution in [3.05, 3.63) is 57.6 Å². The summed E-state index contributed by atoms with van der Waals surface area (Å²) >= 11 is 3.58.